The summed E-state index contributed by atoms with van der Waals surface area (Å²) < 4.78 is 49.8. The third-order valence-electron chi connectivity index (χ3n) is 6.52. The molecule has 0 unspecified atom stereocenters. The number of rotatable bonds is 7. The van der Waals surface area contributed by atoms with Crippen LogP contribution in [0.1, 0.15) is 30.5 Å². The third-order valence-corrected chi connectivity index (χ3v) is 6.52. The summed E-state index contributed by atoms with van der Waals surface area (Å²) in [6, 6.07) is 4.58. The van der Waals surface area contributed by atoms with Gasteiger partial charge in [-0.1, -0.05) is 24.6 Å². The number of hydrogen-bond acceptors (Lipinski definition) is 7. The van der Waals surface area contributed by atoms with Crippen molar-refractivity contribution in [1.82, 2.24) is 24.8 Å². The van der Waals surface area contributed by atoms with Crippen LogP contribution in [0.5, 0.6) is 11.6 Å². The summed E-state index contributed by atoms with van der Waals surface area (Å²) in [5, 5.41) is 2.80. The van der Waals surface area contributed by atoms with Crippen molar-refractivity contribution in [2.24, 2.45) is 0 Å². The number of nitrogens with one attached hydrogen (secondary N) is 1. The second-order valence-electron chi connectivity index (χ2n) is 9.06. The Morgan fingerprint density at radius 2 is 1.78 bits per heavy atom. The lowest BCUT2D eigenvalue weighted by Crippen LogP contribution is -2.45. The van der Waals surface area contributed by atoms with Gasteiger partial charge in [0, 0.05) is 56.1 Å². The average molecular weight is 497 g/mol. The highest BCUT2D eigenvalue weighted by Gasteiger charge is 2.24. The van der Waals surface area contributed by atoms with Gasteiger partial charge in [-0.25, -0.2) is 18.7 Å². The summed E-state index contributed by atoms with van der Waals surface area (Å²) in [6.45, 7) is 9.94. The molecule has 3 aromatic rings. The Kier molecular flexibility index (Phi) is 6.88. The highest BCUT2D eigenvalue weighted by atomic mass is 19.1. The number of allylic oxidation sites excluding steroid dienone is 1. The standard InChI is InChI=1S/C26H27F3N6O/c1-3-34-6-8-35(9-7-34)14-17-4-5-22(30-13-17)33-25-24(29)26(32-15-31-25)36-21-12-20(27)18-10-16(2)11-19(18)23(21)28/h4-5,11-13,15H,3,6-10,14H2,1-2H3,(H,30,31,32,33). The first-order chi connectivity index (χ1) is 17.4. The lowest BCUT2D eigenvalue weighted by Gasteiger charge is -2.33. The first-order valence-corrected chi connectivity index (χ1v) is 11.9. The van der Waals surface area contributed by atoms with Gasteiger partial charge in [-0.3, -0.25) is 4.90 Å². The number of piperazine rings is 1. The van der Waals surface area contributed by atoms with Gasteiger partial charge in [0.1, 0.15) is 18.0 Å². The van der Waals surface area contributed by atoms with Crippen LogP contribution < -0.4 is 10.1 Å². The van der Waals surface area contributed by atoms with Crippen LogP contribution in [0, 0.1) is 17.5 Å². The van der Waals surface area contributed by atoms with E-state index < -0.39 is 29.1 Å². The van der Waals surface area contributed by atoms with Crippen LogP contribution in [-0.2, 0) is 13.0 Å². The molecule has 7 nitrogen and oxygen atoms in total. The monoisotopic (exact) mass is 496 g/mol. The van der Waals surface area contributed by atoms with E-state index >= 15 is 4.39 Å². The number of hydrogen-bond donors (Lipinski definition) is 1. The molecule has 1 aliphatic heterocycles. The van der Waals surface area contributed by atoms with Gasteiger partial charge in [0.2, 0.25) is 5.82 Å². The van der Waals surface area contributed by atoms with Crippen molar-refractivity contribution in [3.63, 3.8) is 0 Å². The predicted molar refractivity (Wildman–Crippen MR) is 131 cm³/mol. The van der Waals surface area contributed by atoms with E-state index in [0.717, 1.165) is 62.8 Å². The van der Waals surface area contributed by atoms with Gasteiger partial charge in [-0.2, -0.15) is 9.37 Å². The molecule has 1 saturated heterocycles. The molecule has 36 heavy (non-hydrogen) atoms. The second kappa shape index (κ2) is 10.2. The summed E-state index contributed by atoms with van der Waals surface area (Å²) in [6.07, 6.45) is 4.71. The first-order valence-electron chi connectivity index (χ1n) is 11.9. The summed E-state index contributed by atoms with van der Waals surface area (Å²) in [7, 11) is 0. The molecule has 0 radical (unpaired) electrons. The summed E-state index contributed by atoms with van der Waals surface area (Å²) in [4.78, 5) is 16.8. The molecule has 0 spiro atoms. The van der Waals surface area contributed by atoms with E-state index in [4.69, 9.17) is 4.74 Å². The van der Waals surface area contributed by atoms with Crippen LogP contribution in [0.2, 0.25) is 0 Å². The Balaban J connectivity index is 1.27. The number of nitrogens with zero attached hydrogens (tertiary/aromatic N) is 5. The molecule has 5 rings (SSSR count). The van der Waals surface area contributed by atoms with Crippen LogP contribution in [0.15, 0.2) is 36.3 Å². The average Bonchev–Trinajstić information content (AvgIpc) is 3.29. The van der Waals surface area contributed by atoms with Crippen molar-refractivity contribution in [3.8, 4) is 11.6 Å². The van der Waals surface area contributed by atoms with Gasteiger partial charge in [-0.05, 0) is 31.5 Å². The summed E-state index contributed by atoms with van der Waals surface area (Å²) in [5.74, 6) is -3.08. The normalized spacial score (nSPS) is 16.1. The molecule has 1 fully saturated rings. The highest BCUT2D eigenvalue weighted by Crippen LogP contribution is 2.37. The molecule has 0 amide bonds. The number of fused-ring (bicyclic) bond motifs is 1. The number of halogens is 3. The number of benzene rings is 1. The zero-order chi connectivity index (χ0) is 25.2. The van der Waals surface area contributed by atoms with Crippen LogP contribution >= 0.6 is 0 Å². The minimum Gasteiger partial charge on any atom is -0.433 e. The van der Waals surface area contributed by atoms with Crippen LogP contribution in [0.25, 0.3) is 6.08 Å². The Morgan fingerprint density at radius 3 is 2.50 bits per heavy atom. The Morgan fingerprint density at radius 1 is 1.00 bits per heavy atom. The zero-order valence-electron chi connectivity index (χ0n) is 20.2. The molecule has 1 aliphatic carbocycles. The number of pyridine rings is 1. The van der Waals surface area contributed by atoms with Crippen molar-refractivity contribution in [2.45, 2.75) is 26.8 Å². The zero-order valence-corrected chi connectivity index (χ0v) is 20.2. The molecule has 1 N–H and O–H groups in total. The smallest absolute Gasteiger partial charge is 0.261 e. The van der Waals surface area contributed by atoms with Gasteiger partial charge < -0.3 is 15.0 Å². The Hall–Kier alpha value is -3.50. The largest absolute Gasteiger partial charge is 0.433 e. The van der Waals surface area contributed by atoms with E-state index in [1.807, 2.05) is 6.07 Å². The fourth-order valence-electron chi connectivity index (χ4n) is 4.49. The Labute approximate surface area is 207 Å². The summed E-state index contributed by atoms with van der Waals surface area (Å²) in [5.41, 5.74) is 2.26. The van der Waals surface area contributed by atoms with Gasteiger partial charge in [0.15, 0.2) is 17.4 Å². The van der Waals surface area contributed by atoms with Gasteiger partial charge in [-0.15, -0.1) is 0 Å². The van der Waals surface area contributed by atoms with Crippen LogP contribution in [0.3, 0.4) is 0 Å². The minimum absolute atomic E-state index is 0.117. The topological polar surface area (TPSA) is 66.4 Å². The van der Waals surface area contributed by atoms with Crippen molar-refractivity contribution in [1.29, 1.82) is 0 Å². The second-order valence-corrected chi connectivity index (χ2v) is 9.06. The van der Waals surface area contributed by atoms with E-state index in [-0.39, 0.29) is 16.9 Å². The number of likely N-dealkylation sites (N-methyl/N-ethyl adjacent to an activating group) is 1. The van der Waals surface area contributed by atoms with E-state index in [1.54, 1.807) is 25.3 Å². The van der Waals surface area contributed by atoms with E-state index in [9.17, 15) is 8.78 Å². The number of anilines is 2. The molecular weight excluding hydrogens is 469 g/mol. The SMILES string of the molecule is CCN1CCN(Cc2ccc(Nc3ncnc(Oc4cc(F)c5c(c4F)C=C(C)C5)c3F)nc2)CC1. The number of aromatic nitrogens is 3. The molecular formula is C26H27F3N6O. The molecule has 0 bridgehead atoms. The predicted octanol–water partition coefficient (Wildman–Crippen LogP) is 4.92. The fraction of sp³-hybridized carbons (Fsp3) is 0.346. The molecule has 10 heteroatoms. The maximum atomic E-state index is 15.1. The fourth-order valence-corrected chi connectivity index (χ4v) is 4.49. The van der Waals surface area contributed by atoms with Crippen molar-refractivity contribution in [3.05, 3.63) is 70.4 Å². The van der Waals surface area contributed by atoms with Crippen molar-refractivity contribution in [2.75, 3.05) is 38.0 Å². The molecule has 3 heterocycles. The van der Waals surface area contributed by atoms with E-state index in [2.05, 4.69) is 37.0 Å². The maximum Gasteiger partial charge on any atom is 0.261 e. The lowest BCUT2D eigenvalue weighted by atomic mass is 10.1. The maximum absolute atomic E-state index is 15.1. The minimum atomic E-state index is -0.941. The first kappa shape index (κ1) is 24.2. The highest BCUT2D eigenvalue weighted by molar-refractivity contribution is 5.66. The van der Waals surface area contributed by atoms with Crippen LogP contribution in [0.4, 0.5) is 24.8 Å². The molecule has 188 valence electrons. The van der Waals surface area contributed by atoms with Crippen LogP contribution in [-0.4, -0.2) is 57.5 Å². The number of ether oxygens (including phenoxy) is 1. The van der Waals surface area contributed by atoms with Crippen molar-refractivity contribution < 1.29 is 17.9 Å². The quantitative estimate of drug-likeness (QED) is 0.498. The van der Waals surface area contributed by atoms with Gasteiger partial charge in [0.05, 0.1) is 0 Å². The Bertz CT molecular complexity index is 1290. The summed E-state index contributed by atoms with van der Waals surface area (Å²) >= 11 is 0. The molecule has 0 saturated carbocycles. The third kappa shape index (κ3) is 5.05. The molecule has 1 aromatic carbocycles. The molecule has 2 aromatic heterocycles. The lowest BCUT2D eigenvalue weighted by molar-refractivity contribution is 0.132. The van der Waals surface area contributed by atoms with Gasteiger partial charge >= 0.3 is 0 Å². The van der Waals surface area contributed by atoms with E-state index in [1.165, 1.54) is 0 Å². The van der Waals surface area contributed by atoms with Crippen molar-refractivity contribution >= 4 is 17.7 Å². The van der Waals surface area contributed by atoms with Gasteiger partial charge in [0.25, 0.3) is 5.88 Å². The van der Waals surface area contributed by atoms with E-state index in [0.29, 0.717) is 12.2 Å². The molecule has 2 aliphatic rings. The molecule has 0 atom stereocenters.